The number of hydrogen-bond donors (Lipinski definition) is 1. The Morgan fingerprint density at radius 1 is 0.938 bits per heavy atom. The van der Waals surface area contributed by atoms with E-state index in [1.807, 2.05) is 0 Å². The Kier molecular flexibility index (Phi) is 5.45. The summed E-state index contributed by atoms with van der Waals surface area (Å²) in [5, 5.41) is 8.10. The Bertz CT molecular complexity index is 231. The first-order valence-corrected chi connectivity index (χ1v) is 5.46. The smallest absolute Gasteiger partial charge is 0.447 e. The molecule has 0 aromatic carbocycles. The normalized spacial score (nSPS) is 18.0. The maximum absolute atomic E-state index is 11.0. The zero-order valence-corrected chi connectivity index (χ0v) is 9.02. The molecule has 0 unspecified atom stereocenters. The van der Waals surface area contributed by atoms with Crippen molar-refractivity contribution in [3.8, 4) is 0 Å². The lowest BCUT2D eigenvalue weighted by molar-refractivity contribution is -0.217. The Labute approximate surface area is 93.4 Å². The fourth-order valence-electron chi connectivity index (χ4n) is 1.76. The van der Waals surface area contributed by atoms with Crippen LogP contribution < -0.4 is 0 Å². The molecule has 0 bridgehead atoms. The molecule has 16 heavy (non-hydrogen) atoms. The molecule has 0 saturated heterocycles. The maximum Gasteiger partial charge on any atom is 0.550 e. The van der Waals surface area contributed by atoms with Crippen LogP contribution in [-0.2, 0) is 14.5 Å². The summed E-state index contributed by atoms with van der Waals surface area (Å²) < 4.78 is 4.93. The highest BCUT2D eigenvalue weighted by Gasteiger charge is 2.18. The Hall–Kier alpha value is -1.46. The van der Waals surface area contributed by atoms with Gasteiger partial charge in [0.2, 0.25) is 0 Å². The van der Waals surface area contributed by atoms with Crippen LogP contribution in [0.1, 0.15) is 44.9 Å². The molecule has 92 valence electrons. The van der Waals surface area contributed by atoms with E-state index >= 15 is 0 Å². The minimum atomic E-state index is -1.67. The van der Waals surface area contributed by atoms with Crippen molar-refractivity contribution < 1.29 is 29.2 Å². The number of rotatable bonds is 1. The Morgan fingerprint density at radius 3 is 2.06 bits per heavy atom. The second kappa shape index (κ2) is 6.92. The lowest BCUT2D eigenvalue weighted by Crippen LogP contribution is -2.21. The Balaban J connectivity index is 2.22. The molecular weight excluding hydrogens is 216 g/mol. The van der Waals surface area contributed by atoms with Crippen molar-refractivity contribution in [2.75, 3.05) is 0 Å². The first kappa shape index (κ1) is 12.6. The van der Waals surface area contributed by atoms with Gasteiger partial charge in [0, 0.05) is 0 Å². The second-order valence-electron chi connectivity index (χ2n) is 3.77. The van der Waals surface area contributed by atoms with Crippen molar-refractivity contribution in [3.63, 3.8) is 0 Å². The standard InChI is InChI=1S/C10H16O6/c11-9(12)15-16-10(13)14-8-6-4-2-1-3-5-7-8/h8H,1-7H2,(H,11,12). The highest BCUT2D eigenvalue weighted by Crippen LogP contribution is 2.19. The van der Waals surface area contributed by atoms with Gasteiger partial charge in [-0.2, -0.15) is 9.68 Å². The van der Waals surface area contributed by atoms with Gasteiger partial charge in [-0.1, -0.05) is 19.3 Å². The lowest BCUT2D eigenvalue weighted by atomic mass is 9.99. The molecule has 1 saturated carbocycles. The van der Waals surface area contributed by atoms with Gasteiger partial charge in [-0.25, -0.2) is 9.68 Å². The van der Waals surface area contributed by atoms with Crippen LogP contribution in [0.5, 0.6) is 0 Å². The topological polar surface area (TPSA) is 82.1 Å². The summed E-state index contributed by atoms with van der Waals surface area (Å²) in [4.78, 5) is 28.5. The highest BCUT2D eigenvalue weighted by atomic mass is 17.3. The second-order valence-corrected chi connectivity index (χ2v) is 3.77. The van der Waals surface area contributed by atoms with Gasteiger partial charge in [0.05, 0.1) is 0 Å². The summed E-state index contributed by atoms with van der Waals surface area (Å²) in [5.41, 5.74) is 0. The van der Waals surface area contributed by atoms with Gasteiger partial charge in [-0.3, -0.25) is 0 Å². The molecule has 1 aliphatic rings. The number of carbonyl (C=O) groups excluding carboxylic acids is 1. The average Bonchev–Trinajstić information content (AvgIpc) is 2.19. The van der Waals surface area contributed by atoms with Crippen LogP contribution in [0.4, 0.5) is 9.59 Å². The number of hydrogen-bond acceptors (Lipinski definition) is 5. The summed E-state index contributed by atoms with van der Waals surface area (Å²) in [6, 6.07) is 0. The van der Waals surface area contributed by atoms with Crippen molar-refractivity contribution in [2.24, 2.45) is 0 Å². The van der Waals surface area contributed by atoms with Gasteiger partial charge < -0.3 is 9.84 Å². The fraction of sp³-hybridized carbons (Fsp3) is 0.800. The fourth-order valence-corrected chi connectivity index (χ4v) is 1.76. The summed E-state index contributed by atoms with van der Waals surface area (Å²) in [6.07, 6.45) is 4.16. The minimum Gasteiger partial charge on any atom is -0.447 e. The molecule has 6 heteroatoms. The number of carboxylic acid groups (broad SMARTS) is 1. The molecule has 0 radical (unpaired) electrons. The van der Waals surface area contributed by atoms with Gasteiger partial charge in [-0.05, 0) is 25.7 Å². The predicted molar refractivity (Wildman–Crippen MR) is 52.8 cm³/mol. The van der Waals surface area contributed by atoms with Gasteiger partial charge in [0.25, 0.3) is 0 Å². The van der Waals surface area contributed by atoms with E-state index in [1.165, 1.54) is 6.42 Å². The maximum atomic E-state index is 11.0. The van der Waals surface area contributed by atoms with E-state index in [-0.39, 0.29) is 6.10 Å². The molecular formula is C10H16O6. The van der Waals surface area contributed by atoms with Crippen LogP contribution in [0, 0.1) is 0 Å². The molecule has 0 aromatic heterocycles. The lowest BCUT2D eigenvalue weighted by Gasteiger charge is -2.18. The van der Waals surface area contributed by atoms with E-state index in [9.17, 15) is 9.59 Å². The molecule has 0 atom stereocenters. The average molecular weight is 232 g/mol. The largest absolute Gasteiger partial charge is 0.550 e. The van der Waals surface area contributed by atoms with E-state index in [2.05, 4.69) is 9.78 Å². The summed E-state index contributed by atoms with van der Waals surface area (Å²) in [7, 11) is 0. The molecule has 6 nitrogen and oxygen atoms in total. The molecule has 0 heterocycles. The quantitative estimate of drug-likeness (QED) is 0.425. The third kappa shape index (κ3) is 5.43. The van der Waals surface area contributed by atoms with Crippen molar-refractivity contribution in [1.82, 2.24) is 0 Å². The molecule has 0 amide bonds. The van der Waals surface area contributed by atoms with Crippen LogP contribution in [-0.4, -0.2) is 23.5 Å². The number of carbonyl (C=O) groups is 2. The molecule has 0 spiro atoms. The SMILES string of the molecule is O=C(O)OOC(=O)OC1CCCCCCC1. The molecule has 1 aliphatic carbocycles. The van der Waals surface area contributed by atoms with Crippen molar-refractivity contribution in [2.45, 2.75) is 51.0 Å². The summed E-state index contributed by atoms with van der Waals surface area (Å²) in [5.74, 6) is 0. The highest BCUT2D eigenvalue weighted by molar-refractivity contribution is 5.62. The van der Waals surface area contributed by atoms with Gasteiger partial charge in [0.1, 0.15) is 6.10 Å². The monoisotopic (exact) mass is 232 g/mol. The first-order valence-electron chi connectivity index (χ1n) is 5.46. The molecule has 1 rings (SSSR count). The van der Waals surface area contributed by atoms with Gasteiger partial charge in [0.15, 0.2) is 0 Å². The zero-order chi connectivity index (χ0) is 11.8. The van der Waals surface area contributed by atoms with Crippen molar-refractivity contribution >= 4 is 12.3 Å². The van der Waals surface area contributed by atoms with Crippen LogP contribution >= 0.6 is 0 Å². The van der Waals surface area contributed by atoms with E-state index in [1.54, 1.807) is 0 Å². The van der Waals surface area contributed by atoms with Crippen LogP contribution in [0.25, 0.3) is 0 Å². The zero-order valence-electron chi connectivity index (χ0n) is 9.02. The van der Waals surface area contributed by atoms with Crippen molar-refractivity contribution in [3.05, 3.63) is 0 Å². The molecule has 0 aromatic rings. The third-order valence-corrected chi connectivity index (χ3v) is 2.50. The van der Waals surface area contributed by atoms with E-state index < -0.39 is 12.3 Å². The van der Waals surface area contributed by atoms with Crippen molar-refractivity contribution in [1.29, 1.82) is 0 Å². The molecule has 0 aliphatic heterocycles. The van der Waals surface area contributed by atoms with Gasteiger partial charge in [-0.15, -0.1) is 0 Å². The van der Waals surface area contributed by atoms with E-state index in [0.717, 1.165) is 38.5 Å². The summed E-state index contributed by atoms with van der Waals surface area (Å²) in [6.45, 7) is 0. The molecule has 1 fully saturated rings. The Morgan fingerprint density at radius 2 is 1.50 bits per heavy atom. The minimum absolute atomic E-state index is 0.190. The predicted octanol–water partition coefficient (Wildman–Crippen LogP) is 2.86. The van der Waals surface area contributed by atoms with E-state index in [0.29, 0.717) is 0 Å². The molecule has 1 N–H and O–H groups in total. The van der Waals surface area contributed by atoms with Gasteiger partial charge >= 0.3 is 12.3 Å². The third-order valence-electron chi connectivity index (χ3n) is 2.50. The number of ether oxygens (including phenoxy) is 1. The van der Waals surface area contributed by atoms with Crippen LogP contribution in [0.2, 0.25) is 0 Å². The van der Waals surface area contributed by atoms with E-state index in [4.69, 9.17) is 9.84 Å². The summed E-state index contributed by atoms with van der Waals surface area (Å²) >= 11 is 0. The van der Waals surface area contributed by atoms with Crippen LogP contribution in [0.3, 0.4) is 0 Å². The first-order chi connectivity index (χ1) is 7.68. The van der Waals surface area contributed by atoms with Crippen LogP contribution in [0.15, 0.2) is 0 Å².